The smallest absolute Gasteiger partial charge is 0.296 e. The molecule has 0 bridgehead atoms. The van der Waals surface area contributed by atoms with E-state index >= 15 is 0 Å². The predicted octanol–water partition coefficient (Wildman–Crippen LogP) is 4.92. The van der Waals surface area contributed by atoms with Crippen molar-refractivity contribution >= 4 is 11.7 Å². The minimum Gasteiger partial charge on any atom is -0.492 e. The molecule has 0 atom stereocenters. The van der Waals surface area contributed by atoms with E-state index in [1.165, 1.54) is 6.07 Å². The third-order valence-corrected chi connectivity index (χ3v) is 6.10. The molecule has 192 valence electrons. The standard InChI is InChI=1S/C29H27FN6O2/c1-20-9-10-23(38-16-15-36-13-5-2-6-14-36)19-24(20)21-11-12-31-26(17-21)33-29(37)28-32-27(34-35-28)18-22-7-3-4-8-25(22)30/h2-13,17,19H,14-16,18H2,1H3,(H,31,33,37)(H,32,34,35). The lowest BCUT2D eigenvalue weighted by atomic mass is 10.0. The maximum absolute atomic E-state index is 13.9. The van der Waals surface area contributed by atoms with Crippen LogP contribution in [0.2, 0.25) is 0 Å². The quantitative estimate of drug-likeness (QED) is 0.332. The Kier molecular flexibility index (Phi) is 7.54. The number of aryl methyl sites for hydroxylation is 1. The monoisotopic (exact) mass is 510 g/mol. The van der Waals surface area contributed by atoms with Crippen molar-refractivity contribution in [3.8, 4) is 16.9 Å². The number of H-pyrrole nitrogens is 1. The number of benzene rings is 2. The van der Waals surface area contributed by atoms with E-state index in [0.29, 0.717) is 23.8 Å². The van der Waals surface area contributed by atoms with Gasteiger partial charge in [-0.15, -0.1) is 5.10 Å². The van der Waals surface area contributed by atoms with Crippen molar-refractivity contribution in [3.63, 3.8) is 0 Å². The number of carbonyl (C=O) groups excluding carboxylic acids is 1. The highest BCUT2D eigenvalue weighted by Crippen LogP contribution is 2.29. The Morgan fingerprint density at radius 3 is 2.89 bits per heavy atom. The number of carbonyl (C=O) groups is 1. The number of aromatic nitrogens is 4. The predicted molar refractivity (Wildman–Crippen MR) is 143 cm³/mol. The van der Waals surface area contributed by atoms with Crippen LogP contribution in [-0.4, -0.2) is 50.7 Å². The lowest BCUT2D eigenvalue weighted by Crippen LogP contribution is -2.24. The van der Waals surface area contributed by atoms with Gasteiger partial charge in [-0.1, -0.05) is 36.4 Å². The molecule has 0 saturated heterocycles. The van der Waals surface area contributed by atoms with Crippen LogP contribution >= 0.6 is 0 Å². The Balaban J connectivity index is 1.24. The Bertz CT molecular complexity index is 1500. The van der Waals surface area contributed by atoms with E-state index in [1.54, 1.807) is 30.5 Å². The molecule has 4 aromatic rings. The first-order chi connectivity index (χ1) is 18.5. The topological polar surface area (TPSA) is 96.0 Å². The number of amides is 1. The number of anilines is 1. The molecule has 1 amide bonds. The van der Waals surface area contributed by atoms with Gasteiger partial charge in [0.2, 0.25) is 5.82 Å². The fourth-order valence-corrected chi connectivity index (χ4v) is 4.09. The molecule has 2 aromatic carbocycles. The fourth-order valence-electron chi connectivity index (χ4n) is 4.09. The number of nitrogens with one attached hydrogen (secondary N) is 2. The van der Waals surface area contributed by atoms with Gasteiger partial charge >= 0.3 is 0 Å². The van der Waals surface area contributed by atoms with E-state index < -0.39 is 5.91 Å². The van der Waals surface area contributed by atoms with Crippen LogP contribution in [0.15, 0.2) is 85.2 Å². The first kappa shape index (κ1) is 24.9. The third kappa shape index (κ3) is 6.12. The maximum Gasteiger partial charge on any atom is 0.296 e. The van der Waals surface area contributed by atoms with Crippen molar-refractivity contribution in [2.75, 3.05) is 25.0 Å². The zero-order valence-electron chi connectivity index (χ0n) is 20.9. The molecule has 38 heavy (non-hydrogen) atoms. The fraction of sp³-hybridized carbons (Fsp3) is 0.172. The van der Waals surface area contributed by atoms with Gasteiger partial charge in [-0.25, -0.2) is 14.4 Å². The van der Waals surface area contributed by atoms with Crippen molar-refractivity contribution in [3.05, 3.63) is 114 Å². The zero-order valence-corrected chi connectivity index (χ0v) is 20.9. The number of allylic oxidation sites excluding steroid dienone is 2. The molecule has 0 unspecified atom stereocenters. The second kappa shape index (κ2) is 11.5. The Morgan fingerprint density at radius 1 is 1.16 bits per heavy atom. The second-order valence-electron chi connectivity index (χ2n) is 8.85. The highest BCUT2D eigenvalue weighted by Gasteiger charge is 2.15. The molecule has 2 N–H and O–H groups in total. The van der Waals surface area contributed by atoms with Gasteiger partial charge in [-0.05, 0) is 71.8 Å². The number of halogens is 1. The van der Waals surface area contributed by atoms with Crippen LogP contribution in [0.4, 0.5) is 10.2 Å². The normalized spacial score (nSPS) is 12.5. The van der Waals surface area contributed by atoms with Crippen molar-refractivity contribution in [1.82, 2.24) is 25.1 Å². The largest absolute Gasteiger partial charge is 0.492 e. The van der Waals surface area contributed by atoms with Crippen LogP contribution in [0.25, 0.3) is 11.1 Å². The lowest BCUT2D eigenvalue weighted by Gasteiger charge is -2.20. The second-order valence-corrected chi connectivity index (χ2v) is 8.85. The van der Waals surface area contributed by atoms with Gasteiger partial charge in [0.1, 0.15) is 29.8 Å². The van der Waals surface area contributed by atoms with Gasteiger partial charge in [0.05, 0.1) is 6.54 Å². The summed E-state index contributed by atoms with van der Waals surface area (Å²) in [5.41, 5.74) is 3.40. The van der Waals surface area contributed by atoms with Gasteiger partial charge in [-0.2, -0.15) is 0 Å². The molecular formula is C29H27FN6O2. The first-order valence-corrected chi connectivity index (χ1v) is 12.3. The molecule has 0 radical (unpaired) electrons. The molecule has 0 saturated carbocycles. The number of pyridine rings is 1. The van der Waals surface area contributed by atoms with Crippen LogP contribution in [0, 0.1) is 12.7 Å². The molecule has 0 fully saturated rings. The number of aromatic amines is 1. The first-order valence-electron chi connectivity index (χ1n) is 12.3. The van der Waals surface area contributed by atoms with Gasteiger partial charge in [-0.3, -0.25) is 9.89 Å². The zero-order chi connectivity index (χ0) is 26.3. The Hall–Kier alpha value is -4.79. The minimum absolute atomic E-state index is 0.0471. The molecule has 2 aromatic heterocycles. The van der Waals surface area contributed by atoms with Crippen LogP contribution in [0.5, 0.6) is 5.75 Å². The summed E-state index contributed by atoms with van der Waals surface area (Å²) < 4.78 is 19.9. The summed E-state index contributed by atoms with van der Waals surface area (Å²) in [5.74, 6) is 0.630. The number of rotatable bonds is 9. The number of ether oxygens (including phenoxy) is 1. The Labute approximate surface area is 219 Å². The minimum atomic E-state index is -0.513. The lowest BCUT2D eigenvalue weighted by molar-refractivity contribution is 0.101. The van der Waals surface area contributed by atoms with Crippen molar-refractivity contribution < 1.29 is 13.9 Å². The summed E-state index contributed by atoms with van der Waals surface area (Å²) in [6.07, 6.45) is 10.0. The molecule has 1 aliphatic heterocycles. The van der Waals surface area contributed by atoms with Crippen molar-refractivity contribution in [2.45, 2.75) is 13.3 Å². The summed E-state index contributed by atoms with van der Waals surface area (Å²) in [7, 11) is 0. The highest BCUT2D eigenvalue weighted by atomic mass is 19.1. The van der Waals surface area contributed by atoms with Gasteiger partial charge in [0.25, 0.3) is 5.91 Å². The van der Waals surface area contributed by atoms with E-state index in [1.807, 2.05) is 43.3 Å². The summed E-state index contributed by atoms with van der Waals surface area (Å²) in [6, 6.07) is 16.0. The molecule has 1 aliphatic rings. The Morgan fingerprint density at radius 2 is 2.05 bits per heavy atom. The number of hydrogen-bond acceptors (Lipinski definition) is 6. The number of hydrogen-bond donors (Lipinski definition) is 2. The van der Waals surface area contributed by atoms with E-state index in [9.17, 15) is 9.18 Å². The average molecular weight is 511 g/mol. The molecule has 0 spiro atoms. The van der Waals surface area contributed by atoms with Crippen molar-refractivity contribution in [1.29, 1.82) is 0 Å². The van der Waals surface area contributed by atoms with Crippen molar-refractivity contribution in [2.24, 2.45) is 0 Å². The average Bonchev–Trinajstić information content (AvgIpc) is 3.40. The number of nitrogens with zero attached hydrogens (tertiary/aromatic N) is 4. The van der Waals surface area contributed by atoms with E-state index in [0.717, 1.165) is 35.5 Å². The summed E-state index contributed by atoms with van der Waals surface area (Å²) in [5, 5.41) is 9.43. The van der Waals surface area contributed by atoms with Gasteiger partial charge in [0.15, 0.2) is 0 Å². The van der Waals surface area contributed by atoms with Crippen LogP contribution in [-0.2, 0) is 6.42 Å². The molecular weight excluding hydrogens is 483 g/mol. The summed E-state index contributed by atoms with van der Waals surface area (Å²) >= 11 is 0. The summed E-state index contributed by atoms with van der Waals surface area (Å²) in [4.78, 5) is 23.4. The molecule has 5 rings (SSSR count). The molecule has 9 heteroatoms. The van der Waals surface area contributed by atoms with Crippen LogP contribution in [0.3, 0.4) is 0 Å². The van der Waals surface area contributed by atoms with Gasteiger partial charge < -0.3 is 15.0 Å². The third-order valence-electron chi connectivity index (χ3n) is 6.10. The highest BCUT2D eigenvalue weighted by molar-refractivity contribution is 6.01. The molecule has 3 heterocycles. The SMILES string of the molecule is Cc1ccc(OCCN2C=CC=CC2)cc1-c1ccnc(NC(=O)c2n[nH]c(Cc3ccccc3F)n2)c1. The van der Waals surface area contributed by atoms with E-state index in [-0.39, 0.29) is 18.1 Å². The van der Waals surface area contributed by atoms with Crippen LogP contribution < -0.4 is 10.1 Å². The molecule has 0 aliphatic carbocycles. The molecule has 8 nitrogen and oxygen atoms in total. The van der Waals surface area contributed by atoms with Crippen LogP contribution in [0.1, 0.15) is 27.6 Å². The van der Waals surface area contributed by atoms with E-state index in [4.69, 9.17) is 4.74 Å². The summed E-state index contributed by atoms with van der Waals surface area (Å²) in [6.45, 7) is 4.26. The maximum atomic E-state index is 13.9. The van der Waals surface area contributed by atoms with Gasteiger partial charge in [0, 0.05) is 19.2 Å². The van der Waals surface area contributed by atoms with E-state index in [2.05, 4.69) is 42.7 Å².